The number of hydrogen-bond acceptors (Lipinski definition) is 1. The lowest BCUT2D eigenvalue weighted by molar-refractivity contribution is 0.0973. The first kappa shape index (κ1) is 13.1. The van der Waals surface area contributed by atoms with Crippen LogP contribution in [0.5, 0.6) is 0 Å². The van der Waals surface area contributed by atoms with Gasteiger partial charge in [-0.25, -0.2) is 0 Å². The zero-order valence-corrected chi connectivity index (χ0v) is 12.7. The molecule has 0 aliphatic rings. The van der Waals surface area contributed by atoms with Crippen LogP contribution in [-0.4, -0.2) is 10.4 Å². The molecule has 0 saturated carbocycles. The molecule has 3 rings (SSSR count). The van der Waals surface area contributed by atoms with Crippen molar-refractivity contribution in [3.8, 4) is 0 Å². The van der Waals surface area contributed by atoms with Crippen LogP contribution in [0.2, 0.25) is 0 Å². The van der Waals surface area contributed by atoms with Gasteiger partial charge in [0.2, 0.25) is 0 Å². The highest BCUT2D eigenvalue weighted by atomic mass is 79.9. The van der Waals surface area contributed by atoms with Crippen LogP contribution in [0.3, 0.4) is 0 Å². The summed E-state index contributed by atoms with van der Waals surface area (Å²) < 4.78 is 2.93. The SMILES string of the molecule is Cc1ccc2c(ccn2CC(=O)c2cccc(Br)c2)c1. The number of ketones is 1. The molecule has 0 bridgehead atoms. The Labute approximate surface area is 126 Å². The maximum Gasteiger partial charge on any atom is 0.182 e. The Hall–Kier alpha value is -1.87. The van der Waals surface area contributed by atoms with E-state index < -0.39 is 0 Å². The molecule has 3 heteroatoms. The Kier molecular flexibility index (Phi) is 3.45. The van der Waals surface area contributed by atoms with E-state index >= 15 is 0 Å². The first-order valence-electron chi connectivity index (χ1n) is 6.48. The maximum atomic E-state index is 12.3. The summed E-state index contributed by atoms with van der Waals surface area (Å²) in [7, 11) is 0. The third-order valence-electron chi connectivity index (χ3n) is 3.39. The van der Waals surface area contributed by atoms with Gasteiger partial charge in [0.1, 0.15) is 0 Å². The average molecular weight is 328 g/mol. The summed E-state index contributed by atoms with van der Waals surface area (Å²) >= 11 is 3.40. The van der Waals surface area contributed by atoms with Crippen molar-refractivity contribution in [3.05, 3.63) is 70.3 Å². The molecule has 0 spiro atoms. The average Bonchev–Trinajstić information content (AvgIpc) is 2.81. The molecule has 3 aromatic rings. The second-order valence-electron chi connectivity index (χ2n) is 4.94. The number of halogens is 1. The quantitative estimate of drug-likeness (QED) is 0.644. The second-order valence-corrected chi connectivity index (χ2v) is 5.86. The van der Waals surface area contributed by atoms with Crippen molar-refractivity contribution in [1.29, 1.82) is 0 Å². The third-order valence-corrected chi connectivity index (χ3v) is 3.88. The molecule has 0 N–H and O–H groups in total. The topological polar surface area (TPSA) is 22.0 Å². The number of nitrogens with zero attached hydrogens (tertiary/aromatic N) is 1. The van der Waals surface area contributed by atoms with E-state index in [1.54, 1.807) is 0 Å². The number of carbonyl (C=O) groups is 1. The Morgan fingerprint density at radius 2 is 2.00 bits per heavy atom. The number of aromatic nitrogens is 1. The predicted molar refractivity (Wildman–Crippen MR) is 85.1 cm³/mol. The van der Waals surface area contributed by atoms with E-state index in [1.165, 1.54) is 10.9 Å². The monoisotopic (exact) mass is 327 g/mol. The van der Waals surface area contributed by atoms with Crippen molar-refractivity contribution in [1.82, 2.24) is 4.57 Å². The zero-order chi connectivity index (χ0) is 14.1. The number of hydrogen-bond donors (Lipinski definition) is 0. The van der Waals surface area contributed by atoms with Gasteiger partial charge in [-0.15, -0.1) is 0 Å². The van der Waals surface area contributed by atoms with Crippen LogP contribution in [0.1, 0.15) is 15.9 Å². The van der Waals surface area contributed by atoms with Crippen molar-refractivity contribution in [2.75, 3.05) is 0 Å². The minimum atomic E-state index is 0.115. The molecular weight excluding hydrogens is 314 g/mol. The maximum absolute atomic E-state index is 12.3. The highest BCUT2D eigenvalue weighted by Crippen LogP contribution is 2.19. The second kappa shape index (κ2) is 5.25. The Morgan fingerprint density at radius 3 is 2.80 bits per heavy atom. The fraction of sp³-hybridized carbons (Fsp3) is 0.118. The van der Waals surface area contributed by atoms with Gasteiger partial charge in [-0.1, -0.05) is 39.7 Å². The highest BCUT2D eigenvalue weighted by Gasteiger charge is 2.09. The van der Waals surface area contributed by atoms with Crippen LogP contribution in [-0.2, 0) is 6.54 Å². The van der Waals surface area contributed by atoms with E-state index in [9.17, 15) is 4.79 Å². The number of aryl methyl sites for hydroxylation is 1. The fourth-order valence-electron chi connectivity index (χ4n) is 2.37. The van der Waals surface area contributed by atoms with Gasteiger partial charge in [-0.3, -0.25) is 4.79 Å². The van der Waals surface area contributed by atoms with Gasteiger partial charge in [0, 0.05) is 21.7 Å². The minimum absolute atomic E-state index is 0.115. The molecule has 2 nitrogen and oxygen atoms in total. The number of fused-ring (bicyclic) bond motifs is 1. The number of rotatable bonds is 3. The molecule has 0 fully saturated rings. The molecule has 1 heterocycles. The van der Waals surface area contributed by atoms with Crippen molar-refractivity contribution in [2.24, 2.45) is 0 Å². The van der Waals surface area contributed by atoms with E-state index in [0.29, 0.717) is 6.54 Å². The van der Waals surface area contributed by atoms with Gasteiger partial charge < -0.3 is 4.57 Å². The first-order chi connectivity index (χ1) is 9.63. The zero-order valence-electron chi connectivity index (χ0n) is 11.1. The van der Waals surface area contributed by atoms with Crippen LogP contribution in [0.25, 0.3) is 10.9 Å². The van der Waals surface area contributed by atoms with Crippen LogP contribution in [0.4, 0.5) is 0 Å². The van der Waals surface area contributed by atoms with Gasteiger partial charge in [0.25, 0.3) is 0 Å². The molecule has 0 atom stereocenters. The van der Waals surface area contributed by atoms with Gasteiger partial charge in [0.15, 0.2) is 5.78 Å². The van der Waals surface area contributed by atoms with Crippen molar-refractivity contribution in [2.45, 2.75) is 13.5 Å². The third kappa shape index (κ3) is 2.54. The van der Waals surface area contributed by atoms with Crippen LogP contribution in [0, 0.1) is 6.92 Å². The standard InChI is InChI=1S/C17H14BrNO/c1-12-5-6-16-13(9-12)7-8-19(16)11-17(20)14-3-2-4-15(18)10-14/h2-10H,11H2,1H3. The number of benzene rings is 2. The molecule has 0 unspecified atom stereocenters. The molecule has 0 amide bonds. The molecule has 0 aliphatic carbocycles. The lowest BCUT2D eigenvalue weighted by Gasteiger charge is -2.06. The predicted octanol–water partition coefficient (Wildman–Crippen LogP) is 4.60. The van der Waals surface area contributed by atoms with E-state index in [0.717, 1.165) is 15.6 Å². The van der Waals surface area contributed by atoms with E-state index in [-0.39, 0.29) is 5.78 Å². The highest BCUT2D eigenvalue weighted by molar-refractivity contribution is 9.10. The van der Waals surface area contributed by atoms with Gasteiger partial charge in [0.05, 0.1) is 6.54 Å². The number of carbonyl (C=O) groups excluding carboxylic acids is 1. The Bertz CT molecular complexity index is 789. The summed E-state index contributed by atoms with van der Waals surface area (Å²) in [5.74, 6) is 0.115. The van der Waals surface area contributed by atoms with Gasteiger partial charge >= 0.3 is 0 Å². The molecule has 0 saturated heterocycles. The van der Waals surface area contributed by atoms with Crippen LogP contribution < -0.4 is 0 Å². The minimum Gasteiger partial charge on any atom is -0.340 e. The lowest BCUT2D eigenvalue weighted by Crippen LogP contribution is -2.09. The molecular formula is C17H14BrNO. The normalized spacial score (nSPS) is 10.9. The Balaban J connectivity index is 1.91. The molecule has 100 valence electrons. The summed E-state index contributed by atoms with van der Waals surface area (Å²) in [6, 6.07) is 15.8. The number of Topliss-reactive ketones (excluding diaryl/α,β-unsaturated/α-hetero) is 1. The fourth-order valence-corrected chi connectivity index (χ4v) is 2.76. The summed E-state index contributed by atoms with van der Waals surface area (Å²) in [6.45, 7) is 2.44. The van der Waals surface area contributed by atoms with Crippen LogP contribution in [0.15, 0.2) is 59.2 Å². The van der Waals surface area contributed by atoms with Crippen LogP contribution >= 0.6 is 15.9 Å². The van der Waals surface area contributed by atoms with E-state index in [2.05, 4.69) is 47.1 Å². The summed E-state index contributed by atoms with van der Waals surface area (Å²) in [5, 5.41) is 1.17. The van der Waals surface area contributed by atoms with E-state index in [1.807, 2.05) is 35.0 Å². The van der Waals surface area contributed by atoms with E-state index in [4.69, 9.17) is 0 Å². The van der Waals surface area contributed by atoms with Crippen molar-refractivity contribution in [3.63, 3.8) is 0 Å². The lowest BCUT2D eigenvalue weighted by atomic mass is 10.1. The summed E-state index contributed by atoms with van der Waals surface area (Å²) in [4.78, 5) is 12.3. The summed E-state index contributed by atoms with van der Waals surface area (Å²) in [5.41, 5.74) is 3.06. The molecule has 1 aromatic heterocycles. The first-order valence-corrected chi connectivity index (χ1v) is 7.27. The molecule has 0 aliphatic heterocycles. The molecule has 0 radical (unpaired) electrons. The van der Waals surface area contributed by atoms with Crippen molar-refractivity contribution >= 4 is 32.6 Å². The van der Waals surface area contributed by atoms with Gasteiger partial charge in [-0.05, 0) is 42.6 Å². The summed E-state index contributed by atoms with van der Waals surface area (Å²) in [6.07, 6.45) is 1.97. The Morgan fingerprint density at radius 1 is 1.15 bits per heavy atom. The molecule has 20 heavy (non-hydrogen) atoms. The molecule has 2 aromatic carbocycles. The largest absolute Gasteiger partial charge is 0.340 e. The smallest absolute Gasteiger partial charge is 0.182 e. The van der Waals surface area contributed by atoms with Gasteiger partial charge in [-0.2, -0.15) is 0 Å². The van der Waals surface area contributed by atoms with Crippen molar-refractivity contribution < 1.29 is 4.79 Å².